The van der Waals surface area contributed by atoms with Gasteiger partial charge >= 0.3 is 0 Å². The van der Waals surface area contributed by atoms with Gasteiger partial charge in [-0.1, -0.05) is 6.07 Å². The minimum atomic E-state index is -0.265. The van der Waals surface area contributed by atoms with Gasteiger partial charge in [0.2, 0.25) is 0 Å². The van der Waals surface area contributed by atoms with Crippen molar-refractivity contribution >= 4 is 6.29 Å². The number of phenolic OH excluding ortho intramolecular Hbond substituents is 1. The molecule has 1 atom stereocenters. The molecule has 13 heavy (non-hydrogen) atoms. The molecule has 0 heterocycles. The summed E-state index contributed by atoms with van der Waals surface area (Å²) in [4.78, 5) is 10.6. The van der Waals surface area contributed by atoms with E-state index in [2.05, 4.69) is 0 Å². The molecule has 0 spiro atoms. The maximum absolute atomic E-state index is 10.6. The minimum Gasteiger partial charge on any atom is -0.507 e. The van der Waals surface area contributed by atoms with Crippen LogP contribution in [0, 0.1) is 6.92 Å². The maximum atomic E-state index is 10.6. The zero-order chi connectivity index (χ0) is 10.0. The lowest BCUT2D eigenvalue weighted by molar-refractivity contribution is 0.112. The lowest BCUT2D eigenvalue weighted by Crippen LogP contribution is -2.06. The number of hydrogen-bond donors (Lipinski definition) is 2. The molecular formula is C10H13NO2. The van der Waals surface area contributed by atoms with Crippen molar-refractivity contribution in [2.24, 2.45) is 5.73 Å². The number of benzene rings is 1. The standard InChI is InChI=1S/C10H13NO2/c1-6-3-8(5-12)10(13)9(4-6)7(2)11/h3-5,7,13H,11H2,1-2H3/t7-/m0/s1. The van der Waals surface area contributed by atoms with Crippen molar-refractivity contribution in [1.29, 1.82) is 0 Å². The molecule has 3 nitrogen and oxygen atoms in total. The quantitative estimate of drug-likeness (QED) is 0.677. The third-order valence-electron chi connectivity index (χ3n) is 1.93. The number of nitrogens with two attached hydrogens (primary N) is 1. The van der Waals surface area contributed by atoms with Crippen LogP contribution in [0.1, 0.15) is 34.5 Å². The molecule has 0 aromatic heterocycles. The van der Waals surface area contributed by atoms with Gasteiger partial charge in [0.15, 0.2) is 6.29 Å². The van der Waals surface area contributed by atoms with Crippen molar-refractivity contribution in [2.75, 3.05) is 0 Å². The van der Waals surface area contributed by atoms with Gasteiger partial charge in [0, 0.05) is 11.6 Å². The predicted molar refractivity (Wildman–Crippen MR) is 50.8 cm³/mol. The van der Waals surface area contributed by atoms with E-state index in [1.165, 1.54) is 0 Å². The van der Waals surface area contributed by atoms with Crippen LogP contribution >= 0.6 is 0 Å². The largest absolute Gasteiger partial charge is 0.507 e. The molecule has 1 aromatic rings. The summed E-state index contributed by atoms with van der Waals surface area (Å²) in [5.74, 6) is -0.00407. The first-order chi connectivity index (χ1) is 6.06. The average Bonchev–Trinajstić information content (AvgIpc) is 2.08. The van der Waals surface area contributed by atoms with E-state index >= 15 is 0 Å². The second-order valence-corrected chi connectivity index (χ2v) is 3.20. The van der Waals surface area contributed by atoms with E-state index in [4.69, 9.17) is 5.73 Å². The summed E-state index contributed by atoms with van der Waals surface area (Å²) in [6.07, 6.45) is 0.633. The van der Waals surface area contributed by atoms with Crippen LogP contribution in [0.25, 0.3) is 0 Å². The Hall–Kier alpha value is -1.35. The summed E-state index contributed by atoms with van der Waals surface area (Å²) in [6.45, 7) is 3.63. The lowest BCUT2D eigenvalue weighted by Gasteiger charge is -2.10. The Morgan fingerprint density at radius 2 is 2.15 bits per heavy atom. The highest BCUT2D eigenvalue weighted by Crippen LogP contribution is 2.27. The molecular weight excluding hydrogens is 166 g/mol. The molecule has 0 aliphatic rings. The number of phenols is 1. The van der Waals surface area contributed by atoms with E-state index in [1.54, 1.807) is 19.1 Å². The van der Waals surface area contributed by atoms with E-state index in [1.807, 2.05) is 6.92 Å². The van der Waals surface area contributed by atoms with Gasteiger partial charge < -0.3 is 10.8 Å². The van der Waals surface area contributed by atoms with E-state index in [9.17, 15) is 9.90 Å². The third kappa shape index (κ3) is 1.87. The number of carbonyl (C=O) groups excluding carboxylic acids is 1. The second kappa shape index (κ2) is 3.58. The van der Waals surface area contributed by atoms with Gasteiger partial charge in [-0.25, -0.2) is 0 Å². The molecule has 3 heteroatoms. The summed E-state index contributed by atoms with van der Waals surface area (Å²) in [7, 11) is 0. The summed E-state index contributed by atoms with van der Waals surface area (Å²) in [5.41, 5.74) is 7.47. The molecule has 0 saturated heterocycles. The van der Waals surface area contributed by atoms with Gasteiger partial charge in [0.1, 0.15) is 5.75 Å². The fourth-order valence-corrected chi connectivity index (χ4v) is 1.27. The fourth-order valence-electron chi connectivity index (χ4n) is 1.27. The molecule has 0 bridgehead atoms. The molecule has 0 saturated carbocycles. The van der Waals surface area contributed by atoms with Gasteiger partial charge in [-0.05, 0) is 25.5 Å². The van der Waals surface area contributed by atoms with E-state index in [0.29, 0.717) is 17.4 Å². The Balaban J connectivity index is 3.35. The SMILES string of the molecule is Cc1cc(C=O)c(O)c([C@H](C)N)c1. The zero-order valence-electron chi connectivity index (χ0n) is 7.74. The first-order valence-corrected chi connectivity index (χ1v) is 4.10. The summed E-state index contributed by atoms with van der Waals surface area (Å²) >= 11 is 0. The summed E-state index contributed by atoms with van der Waals surface area (Å²) in [5, 5.41) is 9.57. The van der Waals surface area contributed by atoms with Crippen molar-refractivity contribution in [2.45, 2.75) is 19.9 Å². The normalized spacial score (nSPS) is 12.5. The lowest BCUT2D eigenvalue weighted by atomic mass is 10.0. The third-order valence-corrected chi connectivity index (χ3v) is 1.93. The van der Waals surface area contributed by atoms with Crippen LogP contribution in [0.2, 0.25) is 0 Å². The van der Waals surface area contributed by atoms with Crippen LogP contribution in [-0.2, 0) is 0 Å². The average molecular weight is 179 g/mol. The van der Waals surface area contributed by atoms with Crippen molar-refractivity contribution in [3.63, 3.8) is 0 Å². The van der Waals surface area contributed by atoms with Gasteiger partial charge in [-0.2, -0.15) is 0 Å². The van der Waals surface area contributed by atoms with Gasteiger partial charge in [0.05, 0.1) is 5.56 Å². The van der Waals surface area contributed by atoms with Gasteiger partial charge in [0.25, 0.3) is 0 Å². The zero-order valence-corrected chi connectivity index (χ0v) is 7.74. The van der Waals surface area contributed by atoms with Crippen LogP contribution in [0.3, 0.4) is 0 Å². The summed E-state index contributed by atoms with van der Waals surface area (Å²) in [6, 6.07) is 3.15. The smallest absolute Gasteiger partial charge is 0.153 e. The Kier molecular flexibility index (Phi) is 2.68. The molecule has 1 aromatic carbocycles. The Bertz CT molecular complexity index is 332. The van der Waals surface area contributed by atoms with Gasteiger partial charge in [-0.15, -0.1) is 0 Å². The van der Waals surface area contributed by atoms with Crippen LogP contribution in [0.15, 0.2) is 12.1 Å². The number of carbonyl (C=O) groups is 1. The van der Waals surface area contributed by atoms with Crippen LogP contribution < -0.4 is 5.73 Å². The monoisotopic (exact) mass is 179 g/mol. The number of hydrogen-bond acceptors (Lipinski definition) is 3. The fraction of sp³-hybridized carbons (Fsp3) is 0.300. The highest BCUT2D eigenvalue weighted by Gasteiger charge is 2.10. The van der Waals surface area contributed by atoms with Crippen molar-refractivity contribution in [3.05, 3.63) is 28.8 Å². The van der Waals surface area contributed by atoms with Crippen LogP contribution in [0.4, 0.5) is 0 Å². The number of aldehydes is 1. The molecule has 70 valence electrons. The first kappa shape index (κ1) is 9.74. The number of aryl methyl sites for hydroxylation is 1. The van der Waals surface area contributed by atoms with Crippen molar-refractivity contribution in [1.82, 2.24) is 0 Å². The van der Waals surface area contributed by atoms with Crippen molar-refractivity contribution < 1.29 is 9.90 Å². The second-order valence-electron chi connectivity index (χ2n) is 3.20. The van der Waals surface area contributed by atoms with Gasteiger partial charge in [-0.3, -0.25) is 4.79 Å². The highest BCUT2D eigenvalue weighted by molar-refractivity contribution is 5.80. The molecule has 3 N–H and O–H groups in total. The highest BCUT2D eigenvalue weighted by atomic mass is 16.3. The molecule has 0 aliphatic heterocycles. The van der Waals surface area contributed by atoms with Crippen molar-refractivity contribution in [3.8, 4) is 5.75 Å². The number of aromatic hydroxyl groups is 1. The first-order valence-electron chi connectivity index (χ1n) is 4.10. The number of rotatable bonds is 2. The molecule has 0 fully saturated rings. The Labute approximate surface area is 77.2 Å². The minimum absolute atomic E-state index is 0.00407. The maximum Gasteiger partial charge on any atom is 0.153 e. The van der Waals surface area contributed by atoms with Crippen LogP contribution in [-0.4, -0.2) is 11.4 Å². The molecule has 0 radical (unpaired) electrons. The van der Waals surface area contributed by atoms with E-state index in [-0.39, 0.29) is 11.8 Å². The topological polar surface area (TPSA) is 63.3 Å². The molecule has 0 unspecified atom stereocenters. The Morgan fingerprint density at radius 3 is 2.62 bits per heavy atom. The molecule has 1 rings (SSSR count). The molecule has 0 amide bonds. The molecule has 0 aliphatic carbocycles. The van der Waals surface area contributed by atoms with E-state index in [0.717, 1.165) is 5.56 Å². The summed E-state index contributed by atoms with van der Waals surface area (Å²) < 4.78 is 0. The predicted octanol–water partition coefficient (Wildman–Crippen LogP) is 1.53. The Morgan fingerprint density at radius 1 is 1.54 bits per heavy atom. The van der Waals surface area contributed by atoms with E-state index < -0.39 is 0 Å². The van der Waals surface area contributed by atoms with Crippen LogP contribution in [0.5, 0.6) is 5.75 Å².